The van der Waals surface area contributed by atoms with Crippen LogP contribution in [0.25, 0.3) is 11.6 Å². The van der Waals surface area contributed by atoms with Crippen LogP contribution >= 0.6 is 22.6 Å². The number of hydrogen-bond acceptors (Lipinski definition) is 9. The first-order valence-electron chi connectivity index (χ1n) is 18.4. The molecule has 2 amide bonds. The zero-order chi connectivity index (χ0) is 39.2. The predicted octanol–water partition coefficient (Wildman–Crippen LogP) is 8.02. The zero-order valence-corrected chi connectivity index (χ0v) is 32.9. The van der Waals surface area contributed by atoms with Gasteiger partial charge in [0.25, 0.3) is 0 Å². The average Bonchev–Trinajstić information content (AvgIpc) is 3.48. The number of rotatable bonds is 14. The van der Waals surface area contributed by atoms with E-state index in [2.05, 4.69) is 32.9 Å². The van der Waals surface area contributed by atoms with Gasteiger partial charge in [-0.15, -0.1) is 0 Å². The van der Waals surface area contributed by atoms with E-state index in [0.717, 1.165) is 22.5 Å². The number of anilines is 3. The normalized spacial score (nSPS) is 18.8. The van der Waals surface area contributed by atoms with Crippen molar-refractivity contribution in [2.75, 3.05) is 30.5 Å². The van der Waals surface area contributed by atoms with Crippen LogP contribution in [-0.2, 0) is 9.59 Å². The van der Waals surface area contributed by atoms with Crippen LogP contribution in [-0.4, -0.2) is 58.5 Å². The van der Waals surface area contributed by atoms with Gasteiger partial charge in [-0.3, -0.25) is 19.5 Å². The molecule has 0 unspecified atom stereocenters. The monoisotopic (exact) mass is 863 g/mol. The van der Waals surface area contributed by atoms with Gasteiger partial charge >= 0.3 is 0 Å². The van der Waals surface area contributed by atoms with Gasteiger partial charge in [-0.05, 0) is 143 Å². The van der Waals surface area contributed by atoms with Gasteiger partial charge in [-0.25, -0.2) is 0 Å². The molecule has 1 saturated heterocycles. The summed E-state index contributed by atoms with van der Waals surface area (Å²) < 4.78 is 12.2. The molecule has 0 radical (unpaired) electrons. The summed E-state index contributed by atoms with van der Waals surface area (Å²) in [5, 5.41) is 36.9. The lowest BCUT2D eigenvalue weighted by molar-refractivity contribution is -0.123. The molecule has 2 heterocycles. The third-order valence-corrected chi connectivity index (χ3v) is 11.2. The lowest BCUT2D eigenvalue weighted by atomic mass is 9.68. The van der Waals surface area contributed by atoms with Crippen LogP contribution in [0, 0.1) is 21.3 Å². The van der Waals surface area contributed by atoms with Crippen molar-refractivity contribution < 1.29 is 34.4 Å². The Hall–Kier alpha value is -5.50. The predicted molar refractivity (Wildman–Crippen MR) is 225 cm³/mol. The number of nitrogens with zero attached hydrogens (tertiary/aromatic N) is 2. The average molecular weight is 864 g/mol. The summed E-state index contributed by atoms with van der Waals surface area (Å²) in [5.41, 5.74) is 5.69. The smallest absolute Gasteiger partial charge is 0.238 e. The van der Waals surface area contributed by atoms with Crippen molar-refractivity contribution in [3.8, 4) is 17.2 Å². The number of pyridine rings is 1. The quantitative estimate of drug-likeness (QED) is 0.0497. The number of fused-ring (bicyclic) bond motifs is 1. The molecular formula is C45H42IN3O7. The molecule has 1 aliphatic heterocycles. The van der Waals surface area contributed by atoms with Crippen molar-refractivity contribution in [2.45, 2.75) is 25.4 Å². The van der Waals surface area contributed by atoms with Crippen molar-refractivity contribution in [2.24, 2.45) is 17.8 Å². The second-order valence-corrected chi connectivity index (χ2v) is 15.0. The topological polar surface area (TPSA) is 141 Å². The van der Waals surface area contributed by atoms with E-state index >= 15 is 0 Å². The highest BCUT2D eigenvalue weighted by Crippen LogP contribution is 2.48. The Morgan fingerprint density at radius 3 is 2.32 bits per heavy atom. The summed E-state index contributed by atoms with van der Waals surface area (Å²) in [5.74, 6) is -2.14. The number of amides is 2. The van der Waals surface area contributed by atoms with E-state index in [1.165, 1.54) is 12.0 Å². The van der Waals surface area contributed by atoms with E-state index < -0.39 is 36.4 Å². The Morgan fingerprint density at radius 1 is 0.946 bits per heavy atom. The van der Waals surface area contributed by atoms with Gasteiger partial charge < -0.3 is 30.1 Å². The second-order valence-electron chi connectivity index (χ2n) is 13.8. The fraction of sp³-hybridized carbons (Fsp3) is 0.222. The van der Waals surface area contributed by atoms with Crippen molar-refractivity contribution in [1.29, 1.82) is 0 Å². The van der Waals surface area contributed by atoms with E-state index in [1.807, 2.05) is 103 Å². The number of carbonyl (C=O) groups is 2. The number of nitrogens with one attached hydrogen (secondary N) is 1. The van der Waals surface area contributed by atoms with Gasteiger partial charge in [0, 0.05) is 23.5 Å². The van der Waals surface area contributed by atoms with Crippen LogP contribution in [0.5, 0.6) is 17.2 Å². The summed E-state index contributed by atoms with van der Waals surface area (Å²) in [6.45, 7) is -0.365. The first-order chi connectivity index (χ1) is 27.2. The molecule has 5 aromatic rings. The first-order valence-corrected chi connectivity index (χ1v) is 19.5. The van der Waals surface area contributed by atoms with Crippen molar-refractivity contribution in [1.82, 2.24) is 4.98 Å². The number of aromatic hydroxyl groups is 1. The maximum Gasteiger partial charge on any atom is 0.238 e. The lowest BCUT2D eigenvalue weighted by Gasteiger charge is -2.36. The third-order valence-electron chi connectivity index (χ3n) is 10.4. The zero-order valence-electron chi connectivity index (χ0n) is 30.7. The molecule has 0 saturated carbocycles. The van der Waals surface area contributed by atoms with Crippen molar-refractivity contribution in [3.05, 3.63) is 147 Å². The molecule has 11 heteroatoms. The third kappa shape index (κ3) is 8.35. The summed E-state index contributed by atoms with van der Waals surface area (Å²) >= 11 is 2.05. The van der Waals surface area contributed by atoms with Crippen molar-refractivity contribution in [3.63, 3.8) is 0 Å². The van der Waals surface area contributed by atoms with Crippen LogP contribution in [0.2, 0.25) is 0 Å². The minimum Gasteiger partial charge on any atom is -0.504 e. The van der Waals surface area contributed by atoms with Gasteiger partial charge in [-0.1, -0.05) is 42.5 Å². The largest absolute Gasteiger partial charge is 0.504 e. The standard InChI is InChI=1S/C45H42IN3O7/c1-55-40-24-28(23-37(46)43(40)52)22-29(38-14-8-9-21-47-38)15-20-39(51)41-30(27-56-34-12-6-3-7-13-34)25-35-42(36(41)26-50)45(54)49(44(35)53)33-18-16-32(17-19-33)48-31-10-4-2-5-11-31/h2-14,16-19,21-24,35-36,39,42,48,50-52H,15,20,25-27H2,1H3/b29-22-/t35-,36+,39-,42-/m1/s1. The number of methoxy groups -OCH3 is 1. The van der Waals surface area contributed by atoms with Crippen LogP contribution in [0.4, 0.5) is 17.1 Å². The Morgan fingerprint density at radius 2 is 1.64 bits per heavy atom. The Kier molecular flexibility index (Phi) is 12.1. The number of halogens is 1. The number of imide groups is 1. The fourth-order valence-electron chi connectivity index (χ4n) is 7.72. The van der Waals surface area contributed by atoms with E-state index in [-0.39, 0.29) is 31.1 Å². The molecule has 1 aromatic heterocycles. The van der Waals surface area contributed by atoms with Crippen LogP contribution in [0.1, 0.15) is 30.5 Å². The maximum absolute atomic E-state index is 14.3. The fourth-order valence-corrected chi connectivity index (χ4v) is 8.35. The Balaban J connectivity index is 1.19. The number of allylic oxidation sites excluding steroid dienone is 1. The van der Waals surface area contributed by atoms with E-state index in [0.29, 0.717) is 44.0 Å². The van der Waals surface area contributed by atoms with Gasteiger partial charge in [0.15, 0.2) is 11.5 Å². The summed E-state index contributed by atoms with van der Waals surface area (Å²) in [6, 6.07) is 35.3. The van der Waals surface area contributed by atoms with Crippen LogP contribution < -0.4 is 19.7 Å². The summed E-state index contributed by atoms with van der Waals surface area (Å²) in [7, 11) is 1.50. The molecule has 56 heavy (non-hydrogen) atoms. The van der Waals surface area contributed by atoms with Gasteiger partial charge in [0.2, 0.25) is 11.8 Å². The SMILES string of the molecule is COc1cc(/C=C(/CC[C@@H](O)C2=C(COc3ccccc3)C[C@H]3C(=O)N(c4ccc(Nc5ccccc5)cc4)C(=O)[C@H]3[C@H]2CO)c2ccccn2)cc(I)c1O. The number of para-hydroxylation sites is 2. The number of phenols is 1. The number of aromatic nitrogens is 1. The van der Waals surface area contributed by atoms with E-state index in [1.54, 1.807) is 24.4 Å². The minimum absolute atomic E-state index is 0.0542. The first kappa shape index (κ1) is 38.8. The molecule has 1 fully saturated rings. The Bertz CT molecular complexity index is 2230. The van der Waals surface area contributed by atoms with Gasteiger partial charge in [-0.2, -0.15) is 0 Å². The molecule has 7 rings (SSSR count). The lowest BCUT2D eigenvalue weighted by Crippen LogP contribution is -2.40. The van der Waals surface area contributed by atoms with Crippen molar-refractivity contribution >= 4 is 63.1 Å². The number of aliphatic hydroxyl groups is 2. The number of hydrogen-bond donors (Lipinski definition) is 4. The number of carbonyl (C=O) groups excluding carboxylic acids is 2. The highest BCUT2D eigenvalue weighted by Gasteiger charge is 2.55. The molecule has 1 aliphatic carbocycles. The number of benzene rings is 4. The highest BCUT2D eigenvalue weighted by atomic mass is 127. The number of ether oxygens (including phenoxy) is 2. The molecule has 10 nitrogen and oxygen atoms in total. The van der Waals surface area contributed by atoms with Gasteiger partial charge in [0.05, 0.1) is 46.6 Å². The summed E-state index contributed by atoms with van der Waals surface area (Å²) in [4.78, 5) is 34.3. The number of aliphatic hydroxyl groups excluding tert-OH is 2. The van der Waals surface area contributed by atoms with E-state index in [9.17, 15) is 24.9 Å². The summed E-state index contributed by atoms with van der Waals surface area (Å²) in [6.07, 6.45) is 3.38. The molecule has 2 aliphatic rings. The molecular weight excluding hydrogens is 821 g/mol. The minimum atomic E-state index is -1.08. The molecule has 4 aromatic carbocycles. The maximum atomic E-state index is 14.3. The van der Waals surface area contributed by atoms with Crippen LogP contribution in [0.15, 0.2) is 133 Å². The van der Waals surface area contributed by atoms with Gasteiger partial charge in [0.1, 0.15) is 12.4 Å². The second kappa shape index (κ2) is 17.5. The molecule has 4 N–H and O–H groups in total. The Labute approximate surface area is 339 Å². The molecule has 0 bridgehead atoms. The molecule has 0 spiro atoms. The highest BCUT2D eigenvalue weighted by molar-refractivity contribution is 14.1. The molecule has 286 valence electrons. The van der Waals surface area contributed by atoms with E-state index in [4.69, 9.17) is 9.47 Å². The number of phenolic OH excluding ortho intramolecular Hbond substituents is 1. The van der Waals surface area contributed by atoms with Crippen LogP contribution in [0.3, 0.4) is 0 Å². The molecule has 4 atom stereocenters.